The van der Waals surface area contributed by atoms with Gasteiger partial charge in [-0.3, -0.25) is 0 Å². The van der Waals surface area contributed by atoms with Crippen LogP contribution in [0.4, 0.5) is 0 Å². The lowest BCUT2D eigenvalue weighted by atomic mass is 9.55. The van der Waals surface area contributed by atoms with Crippen molar-refractivity contribution < 1.29 is 4.90 Å². The van der Waals surface area contributed by atoms with Gasteiger partial charge in [-0.1, -0.05) is 36.7 Å². The topological polar surface area (TPSA) is 99.7 Å². The van der Waals surface area contributed by atoms with Crippen LogP contribution in [0, 0.1) is 56.7 Å². The molecule has 3 rings (SSSR count). The highest BCUT2D eigenvalue weighted by atomic mass is 35.5. The Labute approximate surface area is 164 Å². The molecule has 4 atom stereocenters. The van der Waals surface area contributed by atoms with Crippen molar-refractivity contribution in [2.75, 3.05) is 19.6 Å². The lowest BCUT2D eigenvalue weighted by Crippen LogP contribution is -3.13. The first-order valence-corrected chi connectivity index (χ1v) is 9.51. The van der Waals surface area contributed by atoms with Crippen LogP contribution < -0.4 is 4.90 Å². The number of fused-ring (bicyclic) bond motifs is 1. The van der Waals surface area contributed by atoms with Crippen LogP contribution >= 0.6 is 11.6 Å². The van der Waals surface area contributed by atoms with Gasteiger partial charge in [0, 0.05) is 16.9 Å². The van der Waals surface area contributed by atoms with Crippen LogP contribution in [0.15, 0.2) is 35.9 Å². The van der Waals surface area contributed by atoms with Crippen molar-refractivity contribution in [1.29, 1.82) is 21.2 Å². The third-order valence-electron chi connectivity index (χ3n) is 5.80. The number of halogens is 1. The molecule has 0 bridgehead atoms. The second kappa shape index (κ2) is 7.53. The summed E-state index contributed by atoms with van der Waals surface area (Å²) in [6.07, 6.45) is 2.98. The average molecular weight is 379 g/mol. The molecular formula is C21H21ClN5+. The molecule has 1 heterocycles. The maximum absolute atomic E-state index is 9.89. The summed E-state index contributed by atoms with van der Waals surface area (Å²) in [6, 6.07) is 13.7. The summed E-state index contributed by atoms with van der Waals surface area (Å²) in [7, 11) is 0. The second-order valence-electron chi connectivity index (χ2n) is 7.22. The first-order valence-electron chi connectivity index (χ1n) is 9.13. The zero-order valence-electron chi connectivity index (χ0n) is 15.2. The summed E-state index contributed by atoms with van der Waals surface area (Å²) in [6.45, 7) is 4.56. The Balaban J connectivity index is 2.21. The van der Waals surface area contributed by atoms with E-state index in [0.29, 0.717) is 10.6 Å². The van der Waals surface area contributed by atoms with E-state index in [1.54, 1.807) is 6.07 Å². The van der Waals surface area contributed by atoms with Crippen molar-refractivity contribution in [3.63, 3.8) is 0 Å². The number of quaternary nitrogens is 1. The lowest BCUT2D eigenvalue weighted by molar-refractivity contribution is -0.899. The Morgan fingerprint density at radius 3 is 2.56 bits per heavy atom. The van der Waals surface area contributed by atoms with Gasteiger partial charge in [0.1, 0.15) is 0 Å². The number of nitriles is 3. The zero-order chi connectivity index (χ0) is 19.6. The maximum Gasteiger partial charge on any atom is 0.203 e. The molecule has 5 nitrogen and oxygen atoms in total. The fourth-order valence-corrected chi connectivity index (χ4v) is 4.84. The van der Waals surface area contributed by atoms with Crippen LogP contribution in [0.2, 0.25) is 5.02 Å². The molecule has 1 aliphatic heterocycles. The molecule has 1 saturated carbocycles. The fourth-order valence-electron chi connectivity index (χ4n) is 4.58. The Bertz CT molecular complexity index is 900. The summed E-state index contributed by atoms with van der Waals surface area (Å²) in [4.78, 5) is 1.36. The molecule has 0 saturated heterocycles. The number of nitrogens with one attached hydrogen (secondary N) is 2. The minimum Gasteiger partial charge on any atom is -0.331 e. The van der Waals surface area contributed by atoms with Gasteiger partial charge >= 0.3 is 0 Å². The average Bonchev–Trinajstić information content (AvgIpc) is 2.69. The van der Waals surface area contributed by atoms with Crippen molar-refractivity contribution in [2.24, 2.45) is 17.3 Å². The largest absolute Gasteiger partial charge is 0.331 e. The molecule has 2 aliphatic rings. The highest BCUT2D eigenvalue weighted by Gasteiger charge is 2.57. The summed E-state index contributed by atoms with van der Waals surface area (Å²) in [5.41, 5.74) is -0.288. The standard InChI is InChI=1S/C21H20ClN5/c1-2-8-27-9-7-17-16(11-27)19(14-5-3-4-6-18(14)22)15(10-23)20(26)21(17,12-24)13-25/h3-7,15-16,19,26H,2,8-9,11H2,1H3/p+1/t15-,16+,19+/m0/s1. The maximum atomic E-state index is 9.89. The van der Waals surface area contributed by atoms with Crippen LogP contribution in [-0.2, 0) is 0 Å². The minimum absolute atomic E-state index is 0.124. The van der Waals surface area contributed by atoms with E-state index in [9.17, 15) is 15.8 Å². The molecule has 1 unspecified atom stereocenters. The van der Waals surface area contributed by atoms with Crippen molar-refractivity contribution in [1.82, 2.24) is 0 Å². The van der Waals surface area contributed by atoms with Crippen molar-refractivity contribution >= 4 is 17.3 Å². The van der Waals surface area contributed by atoms with Gasteiger partial charge in [-0.25, -0.2) is 0 Å². The van der Waals surface area contributed by atoms with E-state index in [1.165, 1.54) is 4.90 Å². The van der Waals surface area contributed by atoms with E-state index in [2.05, 4.69) is 25.1 Å². The quantitative estimate of drug-likeness (QED) is 0.790. The predicted molar refractivity (Wildman–Crippen MR) is 102 cm³/mol. The van der Waals surface area contributed by atoms with E-state index in [1.807, 2.05) is 24.3 Å². The number of nitrogens with zero attached hydrogens (tertiary/aromatic N) is 3. The third kappa shape index (κ3) is 2.92. The van der Waals surface area contributed by atoms with Crippen LogP contribution in [0.1, 0.15) is 24.8 Å². The molecule has 0 amide bonds. The number of hydrogen-bond donors (Lipinski definition) is 2. The van der Waals surface area contributed by atoms with Crippen LogP contribution in [-0.4, -0.2) is 25.3 Å². The molecular weight excluding hydrogens is 358 g/mol. The van der Waals surface area contributed by atoms with Gasteiger partial charge in [0.05, 0.1) is 49.5 Å². The highest BCUT2D eigenvalue weighted by molar-refractivity contribution is 6.31. The van der Waals surface area contributed by atoms with Gasteiger partial charge in [-0.05, 0) is 29.7 Å². The molecule has 1 aromatic carbocycles. The Hall–Kier alpha value is -2.65. The smallest absolute Gasteiger partial charge is 0.203 e. The van der Waals surface area contributed by atoms with Gasteiger partial charge in [0.2, 0.25) is 5.41 Å². The lowest BCUT2D eigenvalue weighted by Gasteiger charge is -2.46. The van der Waals surface area contributed by atoms with Gasteiger partial charge in [-0.15, -0.1) is 0 Å². The van der Waals surface area contributed by atoms with Gasteiger partial charge in [0.15, 0.2) is 0 Å². The van der Waals surface area contributed by atoms with E-state index >= 15 is 0 Å². The second-order valence-corrected chi connectivity index (χ2v) is 7.62. The molecule has 27 heavy (non-hydrogen) atoms. The number of rotatable bonds is 3. The van der Waals surface area contributed by atoms with Crippen LogP contribution in [0.3, 0.4) is 0 Å². The fraction of sp³-hybridized carbons (Fsp3) is 0.429. The van der Waals surface area contributed by atoms with Gasteiger partial charge < -0.3 is 10.3 Å². The minimum atomic E-state index is -1.65. The van der Waals surface area contributed by atoms with Gasteiger partial charge in [0.25, 0.3) is 0 Å². The van der Waals surface area contributed by atoms with E-state index in [0.717, 1.165) is 31.6 Å². The van der Waals surface area contributed by atoms with Crippen LogP contribution in [0.5, 0.6) is 0 Å². The summed E-state index contributed by atoms with van der Waals surface area (Å²) in [5.74, 6) is -1.35. The molecule has 1 aromatic rings. The molecule has 1 aliphatic carbocycles. The van der Waals surface area contributed by atoms with Crippen molar-refractivity contribution in [3.8, 4) is 18.2 Å². The van der Waals surface area contributed by atoms with E-state index in [4.69, 9.17) is 17.0 Å². The molecule has 0 radical (unpaired) electrons. The van der Waals surface area contributed by atoms with Gasteiger partial charge in [-0.2, -0.15) is 15.8 Å². The zero-order valence-corrected chi connectivity index (χ0v) is 15.9. The molecule has 6 heteroatoms. The summed E-state index contributed by atoms with van der Waals surface area (Å²) in [5, 5.41) is 38.7. The predicted octanol–water partition coefficient (Wildman–Crippen LogP) is 2.48. The van der Waals surface area contributed by atoms with Crippen LogP contribution in [0.25, 0.3) is 0 Å². The monoisotopic (exact) mass is 378 g/mol. The van der Waals surface area contributed by atoms with Crippen molar-refractivity contribution in [2.45, 2.75) is 19.3 Å². The first kappa shape index (κ1) is 19.1. The third-order valence-corrected chi connectivity index (χ3v) is 6.15. The summed E-state index contributed by atoms with van der Waals surface area (Å²) >= 11 is 6.46. The highest BCUT2D eigenvalue weighted by Crippen LogP contribution is 2.52. The SMILES string of the molecule is CCC[NH+]1CC=C2[C@@H](C1)[C@H](c1ccccc1Cl)[C@H](C#N)C(=N)C2(C#N)C#N. The Morgan fingerprint density at radius 1 is 1.26 bits per heavy atom. The number of benzene rings is 1. The first-order chi connectivity index (χ1) is 13.0. The molecule has 2 N–H and O–H groups in total. The normalized spacial score (nSPS) is 28.9. The van der Waals surface area contributed by atoms with E-state index in [-0.39, 0.29) is 17.5 Å². The van der Waals surface area contributed by atoms with E-state index < -0.39 is 11.3 Å². The molecule has 1 fully saturated rings. The number of hydrogen-bond acceptors (Lipinski definition) is 4. The Morgan fingerprint density at radius 2 is 1.96 bits per heavy atom. The molecule has 136 valence electrons. The summed E-state index contributed by atoms with van der Waals surface area (Å²) < 4.78 is 0. The molecule has 0 aromatic heterocycles. The molecule has 0 spiro atoms. The van der Waals surface area contributed by atoms with Crippen molar-refractivity contribution in [3.05, 3.63) is 46.5 Å². The Kier molecular flexibility index (Phi) is 5.33.